The van der Waals surface area contributed by atoms with E-state index in [4.69, 9.17) is 9.26 Å². The first-order valence-electron chi connectivity index (χ1n) is 9.11. The molecule has 0 radical (unpaired) electrons. The van der Waals surface area contributed by atoms with Crippen LogP contribution in [0.25, 0.3) is 0 Å². The number of thioether (sulfide) groups is 1. The summed E-state index contributed by atoms with van der Waals surface area (Å²) in [7, 11) is 0. The van der Waals surface area contributed by atoms with Crippen molar-refractivity contribution in [3.05, 3.63) is 71.4 Å². The molecule has 0 saturated heterocycles. The highest BCUT2D eigenvalue weighted by atomic mass is 32.2. The summed E-state index contributed by atoms with van der Waals surface area (Å²) in [4.78, 5) is 17.9. The number of nitrogens with one attached hydrogen (secondary N) is 1. The number of ether oxygens (including phenoxy) is 1. The van der Waals surface area contributed by atoms with Gasteiger partial charge in [-0.2, -0.15) is 4.98 Å². The second-order valence-corrected chi connectivity index (χ2v) is 7.23. The Morgan fingerprint density at radius 3 is 2.64 bits per heavy atom. The lowest BCUT2D eigenvalue weighted by atomic mass is 10.1. The first-order valence-corrected chi connectivity index (χ1v) is 10.1. The van der Waals surface area contributed by atoms with E-state index in [0.29, 0.717) is 29.6 Å². The fourth-order valence-electron chi connectivity index (χ4n) is 2.70. The molecule has 0 saturated carbocycles. The SMILES string of the molecule is CCOc1ccc(C(C)NC(=O)c2ccccc2SCc2noc(C)n2)cc1. The van der Waals surface area contributed by atoms with Gasteiger partial charge in [-0.05, 0) is 43.7 Å². The summed E-state index contributed by atoms with van der Waals surface area (Å²) < 4.78 is 10.5. The van der Waals surface area contributed by atoms with Crippen LogP contribution >= 0.6 is 11.8 Å². The molecule has 3 aromatic rings. The number of carbonyl (C=O) groups is 1. The summed E-state index contributed by atoms with van der Waals surface area (Å²) >= 11 is 1.51. The van der Waals surface area contributed by atoms with Crippen molar-refractivity contribution in [1.82, 2.24) is 15.5 Å². The molecule has 6 nitrogen and oxygen atoms in total. The minimum Gasteiger partial charge on any atom is -0.494 e. The largest absolute Gasteiger partial charge is 0.494 e. The quantitative estimate of drug-likeness (QED) is 0.562. The molecular weight excluding hydrogens is 374 g/mol. The van der Waals surface area contributed by atoms with Crippen LogP contribution in [0.2, 0.25) is 0 Å². The van der Waals surface area contributed by atoms with Crippen molar-refractivity contribution < 1.29 is 14.1 Å². The van der Waals surface area contributed by atoms with Crippen LogP contribution in [-0.2, 0) is 5.75 Å². The topological polar surface area (TPSA) is 77.2 Å². The molecule has 0 aliphatic heterocycles. The summed E-state index contributed by atoms with van der Waals surface area (Å²) in [6, 6.07) is 15.2. The number of carbonyl (C=O) groups excluding carboxylic acids is 1. The summed E-state index contributed by atoms with van der Waals surface area (Å²) in [5.41, 5.74) is 1.65. The number of nitrogens with zero attached hydrogens (tertiary/aromatic N) is 2. The molecule has 1 unspecified atom stereocenters. The van der Waals surface area contributed by atoms with Crippen LogP contribution in [0.3, 0.4) is 0 Å². The zero-order valence-electron chi connectivity index (χ0n) is 16.1. The molecular formula is C21H23N3O3S. The van der Waals surface area contributed by atoms with E-state index < -0.39 is 0 Å². The van der Waals surface area contributed by atoms with E-state index in [-0.39, 0.29) is 11.9 Å². The van der Waals surface area contributed by atoms with Gasteiger partial charge in [-0.1, -0.05) is 29.4 Å². The molecule has 0 aliphatic rings. The standard InChI is InChI=1S/C21H23N3O3S/c1-4-26-17-11-9-16(10-12-17)14(2)22-21(25)18-7-5-6-8-19(18)28-13-20-23-15(3)27-24-20/h5-12,14H,4,13H2,1-3H3,(H,22,25). The number of amides is 1. The summed E-state index contributed by atoms with van der Waals surface area (Å²) in [6.45, 7) is 6.30. The van der Waals surface area contributed by atoms with Crippen molar-refractivity contribution in [2.24, 2.45) is 0 Å². The molecule has 0 bridgehead atoms. The van der Waals surface area contributed by atoms with Crippen LogP contribution < -0.4 is 10.1 Å². The Labute approximate surface area is 168 Å². The first kappa shape index (κ1) is 19.9. The lowest BCUT2D eigenvalue weighted by Gasteiger charge is -2.16. The molecule has 7 heteroatoms. The maximum Gasteiger partial charge on any atom is 0.252 e. The Morgan fingerprint density at radius 1 is 1.21 bits per heavy atom. The zero-order chi connectivity index (χ0) is 19.9. The molecule has 1 N–H and O–H groups in total. The third kappa shape index (κ3) is 5.13. The molecule has 1 atom stereocenters. The fraction of sp³-hybridized carbons (Fsp3) is 0.286. The molecule has 146 valence electrons. The average Bonchev–Trinajstić information content (AvgIpc) is 3.12. The minimum absolute atomic E-state index is 0.117. The number of hydrogen-bond donors (Lipinski definition) is 1. The van der Waals surface area contributed by atoms with Gasteiger partial charge in [0.25, 0.3) is 5.91 Å². The van der Waals surface area contributed by atoms with Crippen molar-refractivity contribution in [2.75, 3.05) is 6.61 Å². The number of hydrogen-bond acceptors (Lipinski definition) is 6. The second-order valence-electron chi connectivity index (χ2n) is 6.21. The van der Waals surface area contributed by atoms with Gasteiger partial charge in [-0.3, -0.25) is 4.79 Å². The molecule has 0 spiro atoms. The van der Waals surface area contributed by atoms with Crippen LogP contribution in [0.4, 0.5) is 0 Å². The van der Waals surface area contributed by atoms with Gasteiger partial charge in [0.1, 0.15) is 5.75 Å². The second kappa shape index (κ2) is 9.41. The van der Waals surface area contributed by atoms with E-state index >= 15 is 0 Å². The van der Waals surface area contributed by atoms with Gasteiger partial charge in [0.15, 0.2) is 5.82 Å². The van der Waals surface area contributed by atoms with E-state index in [0.717, 1.165) is 16.2 Å². The predicted octanol–water partition coefficient (Wildman–Crippen LogP) is 4.56. The van der Waals surface area contributed by atoms with Crippen LogP contribution in [0.1, 0.15) is 47.5 Å². The van der Waals surface area contributed by atoms with E-state index in [2.05, 4.69) is 15.5 Å². The Hall–Kier alpha value is -2.80. The summed E-state index contributed by atoms with van der Waals surface area (Å²) in [6.07, 6.45) is 0. The van der Waals surface area contributed by atoms with E-state index in [1.807, 2.05) is 62.4 Å². The fourth-order valence-corrected chi connectivity index (χ4v) is 3.59. The Kier molecular flexibility index (Phi) is 6.71. The molecule has 3 rings (SSSR count). The van der Waals surface area contributed by atoms with Gasteiger partial charge in [0.05, 0.1) is 24.0 Å². The van der Waals surface area contributed by atoms with Crippen molar-refractivity contribution in [3.8, 4) is 5.75 Å². The number of aromatic nitrogens is 2. The van der Waals surface area contributed by atoms with Crippen LogP contribution in [0.15, 0.2) is 57.9 Å². The third-order valence-electron chi connectivity index (χ3n) is 4.10. The Morgan fingerprint density at radius 2 is 1.96 bits per heavy atom. The van der Waals surface area contributed by atoms with Crippen molar-refractivity contribution in [2.45, 2.75) is 37.5 Å². The normalized spacial score (nSPS) is 11.8. The van der Waals surface area contributed by atoms with Gasteiger partial charge in [0, 0.05) is 11.8 Å². The zero-order valence-corrected chi connectivity index (χ0v) is 17.0. The lowest BCUT2D eigenvalue weighted by Crippen LogP contribution is -2.27. The maximum atomic E-state index is 12.8. The van der Waals surface area contributed by atoms with E-state index in [1.54, 1.807) is 6.92 Å². The molecule has 0 fully saturated rings. The minimum atomic E-state index is -0.124. The molecule has 1 aromatic heterocycles. The van der Waals surface area contributed by atoms with E-state index in [1.165, 1.54) is 11.8 Å². The first-order chi connectivity index (χ1) is 13.6. The molecule has 1 heterocycles. The van der Waals surface area contributed by atoms with Gasteiger partial charge in [0.2, 0.25) is 5.89 Å². The number of rotatable bonds is 8. The monoisotopic (exact) mass is 397 g/mol. The molecule has 2 aromatic carbocycles. The number of benzene rings is 2. The average molecular weight is 398 g/mol. The van der Waals surface area contributed by atoms with Gasteiger partial charge in [-0.15, -0.1) is 11.8 Å². The molecule has 28 heavy (non-hydrogen) atoms. The van der Waals surface area contributed by atoms with Gasteiger partial charge >= 0.3 is 0 Å². The third-order valence-corrected chi connectivity index (χ3v) is 5.17. The highest BCUT2D eigenvalue weighted by Crippen LogP contribution is 2.26. The van der Waals surface area contributed by atoms with Crippen LogP contribution in [0.5, 0.6) is 5.75 Å². The van der Waals surface area contributed by atoms with Crippen molar-refractivity contribution in [3.63, 3.8) is 0 Å². The molecule has 0 aliphatic carbocycles. The lowest BCUT2D eigenvalue weighted by molar-refractivity contribution is 0.0937. The smallest absolute Gasteiger partial charge is 0.252 e. The van der Waals surface area contributed by atoms with Crippen LogP contribution in [-0.4, -0.2) is 22.7 Å². The molecule has 1 amide bonds. The summed E-state index contributed by atoms with van der Waals surface area (Å²) in [5.74, 6) is 2.39. The highest BCUT2D eigenvalue weighted by molar-refractivity contribution is 7.98. The Bertz CT molecular complexity index is 925. The maximum absolute atomic E-state index is 12.8. The van der Waals surface area contributed by atoms with E-state index in [9.17, 15) is 4.79 Å². The van der Waals surface area contributed by atoms with Crippen LogP contribution in [0, 0.1) is 6.92 Å². The summed E-state index contributed by atoms with van der Waals surface area (Å²) in [5, 5.41) is 6.96. The Balaban J connectivity index is 1.66. The van der Waals surface area contributed by atoms with Crippen molar-refractivity contribution >= 4 is 17.7 Å². The van der Waals surface area contributed by atoms with Crippen molar-refractivity contribution in [1.29, 1.82) is 0 Å². The van der Waals surface area contributed by atoms with Gasteiger partial charge in [-0.25, -0.2) is 0 Å². The highest BCUT2D eigenvalue weighted by Gasteiger charge is 2.16. The predicted molar refractivity (Wildman–Crippen MR) is 109 cm³/mol. The van der Waals surface area contributed by atoms with Gasteiger partial charge < -0.3 is 14.6 Å². The number of aryl methyl sites for hydroxylation is 1.